The maximum absolute atomic E-state index is 5.40. The summed E-state index contributed by atoms with van der Waals surface area (Å²) in [5.41, 5.74) is 7.11. The summed E-state index contributed by atoms with van der Waals surface area (Å²) in [5.74, 6) is 1.90. The Bertz CT molecular complexity index is 1100. The molecule has 0 spiro atoms. The Labute approximate surface area is 158 Å². The molecule has 1 aliphatic rings. The largest absolute Gasteiger partial charge is 0.497 e. The van der Waals surface area contributed by atoms with Gasteiger partial charge in [-0.1, -0.05) is 60.7 Å². The third kappa shape index (κ3) is 2.81. The van der Waals surface area contributed by atoms with Crippen molar-refractivity contribution in [2.24, 2.45) is 0 Å². The summed E-state index contributed by atoms with van der Waals surface area (Å²) in [7, 11) is 1.71. The standard InChI is InChI=1S/C24H20N2O/c1-27-21-12-11-19-13-14-26-16-23(25-24(26)22(19)15-21)20-9-7-18(8-10-20)17-5-3-2-4-6-17/h2-12,15-16H,13-14H2,1H3. The van der Waals surface area contributed by atoms with Crippen LogP contribution < -0.4 is 4.74 Å². The number of aromatic nitrogens is 2. The van der Waals surface area contributed by atoms with E-state index in [1.54, 1.807) is 7.11 Å². The van der Waals surface area contributed by atoms with E-state index in [1.165, 1.54) is 22.3 Å². The van der Waals surface area contributed by atoms with Gasteiger partial charge in [0.15, 0.2) is 0 Å². The summed E-state index contributed by atoms with van der Waals surface area (Å²) in [6, 6.07) is 25.4. The number of benzene rings is 3. The van der Waals surface area contributed by atoms with Crippen LogP contribution in [0.15, 0.2) is 79.0 Å². The molecule has 3 heteroatoms. The van der Waals surface area contributed by atoms with Crippen LogP contribution in [-0.2, 0) is 13.0 Å². The van der Waals surface area contributed by atoms with Gasteiger partial charge >= 0.3 is 0 Å². The lowest BCUT2D eigenvalue weighted by Crippen LogP contribution is -2.10. The molecule has 3 aromatic carbocycles. The van der Waals surface area contributed by atoms with E-state index in [2.05, 4.69) is 71.4 Å². The first kappa shape index (κ1) is 15.9. The number of hydrogen-bond donors (Lipinski definition) is 0. The summed E-state index contributed by atoms with van der Waals surface area (Å²) in [6.45, 7) is 0.962. The van der Waals surface area contributed by atoms with Crippen LogP contribution in [0.5, 0.6) is 5.75 Å². The van der Waals surface area contributed by atoms with E-state index in [0.717, 1.165) is 35.8 Å². The Morgan fingerprint density at radius 3 is 2.37 bits per heavy atom. The number of rotatable bonds is 3. The maximum atomic E-state index is 5.40. The number of aryl methyl sites for hydroxylation is 2. The predicted octanol–water partition coefficient (Wildman–Crippen LogP) is 5.45. The van der Waals surface area contributed by atoms with Crippen LogP contribution in [0.1, 0.15) is 5.56 Å². The molecule has 1 aromatic heterocycles. The minimum Gasteiger partial charge on any atom is -0.497 e. The maximum Gasteiger partial charge on any atom is 0.141 e. The van der Waals surface area contributed by atoms with Gasteiger partial charge in [-0.05, 0) is 35.2 Å². The van der Waals surface area contributed by atoms with Crippen molar-refractivity contribution in [2.75, 3.05) is 7.11 Å². The first-order chi connectivity index (χ1) is 13.3. The molecule has 2 heterocycles. The van der Waals surface area contributed by atoms with E-state index in [0.29, 0.717) is 0 Å². The van der Waals surface area contributed by atoms with Gasteiger partial charge in [0.25, 0.3) is 0 Å². The molecule has 5 rings (SSSR count). The lowest BCUT2D eigenvalue weighted by atomic mass is 10.0. The molecule has 0 atom stereocenters. The fourth-order valence-electron chi connectivity index (χ4n) is 3.75. The predicted molar refractivity (Wildman–Crippen MR) is 109 cm³/mol. The van der Waals surface area contributed by atoms with Crippen LogP contribution in [0.25, 0.3) is 33.8 Å². The molecule has 4 aromatic rings. The van der Waals surface area contributed by atoms with Gasteiger partial charge in [-0.2, -0.15) is 0 Å². The second kappa shape index (κ2) is 6.44. The molecule has 0 bridgehead atoms. The fraction of sp³-hybridized carbons (Fsp3) is 0.125. The van der Waals surface area contributed by atoms with E-state index in [4.69, 9.17) is 9.72 Å². The average molecular weight is 352 g/mol. The summed E-state index contributed by atoms with van der Waals surface area (Å²) in [4.78, 5) is 4.95. The Morgan fingerprint density at radius 1 is 0.852 bits per heavy atom. The van der Waals surface area contributed by atoms with Crippen molar-refractivity contribution < 1.29 is 4.74 Å². The van der Waals surface area contributed by atoms with Crippen LogP contribution in [-0.4, -0.2) is 16.7 Å². The van der Waals surface area contributed by atoms with Crippen LogP contribution >= 0.6 is 0 Å². The first-order valence-electron chi connectivity index (χ1n) is 9.22. The number of hydrogen-bond acceptors (Lipinski definition) is 2. The number of ether oxygens (including phenoxy) is 1. The van der Waals surface area contributed by atoms with E-state index in [1.807, 2.05) is 12.1 Å². The van der Waals surface area contributed by atoms with Crippen molar-refractivity contribution in [3.05, 3.63) is 84.6 Å². The van der Waals surface area contributed by atoms with E-state index in [-0.39, 0.29) is 0 Å². The molecule has 0 unspecified atom stereocenters. The van der Waals surface area contributed by atoms with Gasteiger partial charge in [0.2, 0.25) is 0 Å². The smallest absolute Gasteiger partial charge is 0.141 e. The molecule has 0 N–H and O–H groups in total. The molecule has 27 heavy (non-hydrogen) atoms. The molecular formula is C24H20N2O. The Morgan fingerprint density at radius 2 is 1.59 bits per heavy atom. The minimum absolute atomic E-state index is 0.874. The van der Waals surface area contributed by atoms with Crippen molar-refractivity contribution in [1.82, 2.24) is 9.55 Å². The average Bonchev–Trinajstić information content (AvgIpc) is 3.19. The molecule has 0 saturated heterocycles. The zero-order chi connectivity index (χ0) is 18.2. The van der Waals surface area contributed by atoms with Crippen molar-refractivity contribution in [1.29, 1.82) is 0 Å². The molecular weight excluding hydrogens is 332 g/mol. The number of imidazole rings is 1. The first-order valence-corrected chi connectivity index (χ1v) is 9.22. The SMILES string of the molecule is COc1ccc2c(c1)-c1nc(-c3ccc(-c4ccccc4)cc3)cn1CC2. The number of methoxy groups -OCH3 is 1. The molecule has 0 amide bonds. The number of nitrogens with zero attached hydrogens (tertiary/aromatic N) is 2. The van der Waals surface area contributed by atoms with Crippen molar-refractivity contribution >= 4 is 0 Å². The fourth-order valence-corrected chi connectivity index (χ4v) is 3.75. The highest BCUT2D eigenvalue weighted by atomic mass is 16.5. The Kier molecular flexibility index (Phi) is 3.79. The quantitative estimate of drug-likeness (QED) is 0.490. The monoisotopic (exact) mass is 352 g/mol. The van der Waals surface area contributed by atoms with Crippen LogP contribution in [0, 0.1) is 0 Å². The summed E-state index contributed by atoms with van der Waals surface area (Å²) in [5, 5.41) is 0. The molecule has 0 radical (unpaired) electrons. The van der Waals surface area contributed by atoms with Gasteiger partial charge < -0.3 is 9.30 Å². The second-order valence-corrected chi connectivity index (χ2v) is 6.86. The van der Waals surface area contributed by atoms with Gasteiger partial charge in [-0.15, -0.1) is 0 Å². The van der Waals surface area contributed by atoms with Gasteiger partial charge in [-0.3, -0.25) is 0 Å². The molecule has 1 aliphatic heterocycles. The summed E-state index contributed by atoms with van der Waals surface area (Å²) in [6.07, 6.45) is 3.18. The highest BCUT2D eigenvalue weighted by Gasteiger charge is 2.20. The van der Waals surface area contributed by atoms with Crippen LogP contribution in [0.3, 0.4) is 0 Å². The van der Waals surface area contributed by atoms with Gasteiger partial charge in [-0.25, -0.2) is 4.98 Å². The van der Waals surface area contributed by atoms with Gasteiger partial charge in [0, 0.05) is 23.9 Å². The molecule has 0 saturated carbocycles. The van der Waals surface area contributed by atoms with E-state index < -0.39 is 0 Å². The second-order valence-electron chi connectivity index (χ2n) is 6.86. The molecule has 0 aliphatic carbocycles. The topological polar surface area (TPSA) is 27.1 Å². The van der Waals surface area contributed by atoms with Gasteiger partial charge in [0.1, 0.15) is 11.6 Å². The molecule has 3 nitrogen and oxygen atoms in total. The minimum atomic E-state index is 0.874. The van der Waals surface area contributed by atoms with Crippen LogP contribution in [0.4, 0.5) is 0 Å². The third-order valence-electron chi connectivity index (χ3n) is 5.24. The third-order valence-corrected chi connectivity index (χ3v) is 5.24. The lowest BCUT2D eigenvalue weighted by Gasteiger charge is -2.18. The van der Waals surface area contributed by atoms with Crippen molar-refractivity contribution in [3.63, 3.8) is 0 Å². The number of fused-ring (bicyclic) bond motifs is 3. The highest BCUT2D eigenvalue weighted by molar-refractivity contribution is 5.72. The van der Waals surface area contributed by atoms with Crippen molar-refractivity contribution in [3.8, 4) is 39.5 Å². The summed E-state index contributed by atoms with van der Waals surface area (Å²) >= 11 is 0. The van der Waals surface area contributed by atoms with Gasteiger partial charge in [0.05, 0.1) is 12.8 Å². The van der Waals surface area contributed by atoms with Crippen molar-refractivity contribution in [2.45, 2.75) is 13.0 Å². The normalized spacial score (nSPS) is 12.3. The Hall–Kier alpha value is -3.33. The van der Waals surface area contributed by atoms with E-state index in [9.17, 15) is 0 Å². The zero-order valence-corrected chi connectivity index (χ0v) is 15.2. The lowest BCUT2D eigenvalue weighted by molar-refractivity contribution is 0.414. The van der Waals surface area contributed by atoms with E-state index >= 15 is 0 Å². The van der Waals surface area contributed by atoms with Crippen LogP contribution in [0.2, 0.25) is 0 Å². The molecule has 0 fully saturated rings. The summed E-state index contributed by atoms with van der Waals surface area (Å²) < 4.78 is 7.66. The highest BCUT2D eigenvalue weighted by Crippen LogP contribution is 2.34. The zero-order valence-electron chi connectivity index (χ0n) is 15.2. The molecule has 132 valence electrons. The Balaban J connectivity index is 1.52.